The van der Waals surface area contributed by atoms with Gasteiger partial charge in [-0.15, -0.1) is 0 Å². The van der Waals surface area contributed by atoms with Crippen LogP contribution in [-0.4, -0.2) is 11.0 Å². The third-order valence-electron chi connectivity index (χ3n) is 1.87. The molecule has 4 heteroatoms. The summed E-state index contributed by atoms with van der Waals surface area (Å²) in [5.74, 6) is -0.797. The molecule has 1 amide bonds. The Morgan fingerprint density at radius 3 is 2.69 bits per heavy atom. The molecule has 0 aliphatic carbocycles. The number of hydrogen-bond acceptors (Lipinski definition) is 2. The Balaban J connectivity index is 3.14. The van der Waals surface area contributed by atoms with E-state index in [0.29, 0.717) is 10.6 Å². The van der Waals surface area contributed by atoms with Gasteiger partial charge in [0, 0.05) is 5.02 Å². The maximum Gasteiger partial charge on any atom is 0.253 e. The Labute approximate surface area is 81.1 Å². The highest BCUT2D eigenvalue weighted by Crippen LogP contribution is 2.22. The highest BCUT2D eigenvalue weighted by molar-refractivity contribution is 6.30. The summed E-state index contributed by atoms with van der Waals surface area (Å²) < 4.78 is 0. The molecule has 1 aromatic carbocycles. The Kier molecular flexibility index (Phi) is 2.59. The third-order valence-corrected chi connectivity index (χ3v) is 2.10. The number of nitrogens with two attached hydrogens (primary N) is 1. The number of amides is 1. The Hall–Kier alpha value is -1.06. The van der Waals surface area contributed by atoms with E-state index in [0.717, 1.165) is 0 Å². The molecule has 1 atom stereocenters. The summed E-state index contributed by atoms with van der Waals surface area (Å²) in [4.78, 5) is 10.9. The van der Waals surface area contributed by atoms with Crippen LogP contribution in [0.5, 0.6) is 0 Å². The van der Waals surface area contributed by atoms with Crippen LogP contribution in [0.2, 0.25) is 5.02 Å². The van der Waals surface area contributed by atoms with Crippen LogP contribution < -0.4 is 5.73 Å². The average Bonchev–Trinajstić information content (AvgIpc) is 2.04. The van der Waals surface area contributed by atoms with Crippen LogP contribution in [0.4, 0.5) is 0 Å². The molecule has 3 N–H and O–H groups in total. The summed E-state index contributed by atoms with van der Waals surface area (Å²) in [7, 11) is 0. The lowest BCUT2D eigenvalue weighted by Crippen LogP contribution is -2.38. The minimum atomic E-state index is -1.66. The third kappa shape index (κ3) is 1.99. The molecule has 0 saturated carbocycles. The van der Waals surface area contributed by atoms with E-state index < -0.39 is 11.5 Å². The molecule has 0 saturated heterocycles. The molecule has 0 aliphatic heterocycles. The summed E-state index contributed by atoms with van der Waals surface area (Å²) in [6, 6.07) is 6.40. The van der Waals surface area contributed by atoms with Crippen LogP contribution in [0.1, 0.15) is 12.5 Å². The molecule has 0 bridgehead atoms. The molecule has 70 valence electrons. The highest BCUT2D eigenvalue weighted by Gasteiger charge is 2.29. The summed E-state index contributed by atoms with van der Waals surface area (Å²) >= 11 is 5.69. The number of hydrogen-bond donors (Lipinski definition) is 2. The molecular weight excluding hydrogens is 190 g/mol. The van der Waals surface area contributed by atoms with E-state index in [1.165, 1.54) is 13.0 Å². The van der Waals surface area contributed by atoms with Crippen molar-refractivity contribution in [2.45, 2.75) is 12.5 Å². The molecule has 0 aliphatic rings. The molecule has 0 aromatic heterocycles. The van der Waals surface area contributed by atoms with Crippen LogP contribution in [0.25, 0.3) is 0 Å². The van der Waals surface area contributed by atoms with Crippen molar-refractivity contribution in [3.05, 3.63) is 34.9 Å². The Bertz CT molecular complexity index is 336. The summed E-state index contributed by atoms with van der Waals surface area (Å²) in [5.41, 5.74) is 3.75. The van der Waals surface area contributed by atoms with Crippen molar-refractivity contribution in [1.82, 2.24) is 0 Å². The Morgan fingerprint density at radius 2 is 2.23 bits per heavy atom. The van der Waals surface area contributed by atoms with Gasteiger partial charge in [-0.1, -0.05) is 23.7 Å². The molecule has 1 unspecified atom stereocenters. The number of carbonyl (C=O) groups is 1. The van der Waals surface area contributed by atoms with Crippen molar-refractivity contribution in [2.24, 2.45) is 5.73 Å². The van der Waals surface area contributed by atoms with Gasteiger partial charge in [0.05, 0.1) is 0 Å². The zero-order chi connectivity index (χ0) is 10.1. The number of carbonyl (C=O) groups excluding carboxylic acids is 1. The quantitative estimate of drug-likeness (QED) is 0.748. The molecule has 3 nitrogen and oxygen atoms in total. The van der Waals surface area contributed by atoms with E-state index in [2.05, 4.69) is 0 Å². The molecule has 0 spiro atoms. The first-order valence-electron chi connectivity index (χ1n) is 3.73. The van der Waals surface area contributed by atoms with E-state index in [1.807, 2.05) is 0 Å². The van der Waals surface area contributed by atoms with Gasteiger partial charge in [-0.05, 0) is 24.6 Å². The fourth-order valence-electron chi connectivity index (χ4n) is 0.934. The average molecular weight is 200 g/mol. The van der Waals surface area contributed by atoms with Gasteiger partial charge >= 0.3 is 0 Å². The van der Waals surface area contributed by atoms with E-state index in [1.54, 1.807) is 18.2 Å². The second-order valence-corrected chi connectivity index (χ2v) is 3.38. The van der Waals surface area contributed by atoms with Gasteiger partial charge < -0.3 is 10.8 Å². The smallest absolute Gasteiger partial charge is 0.253 e. The van der Waals surface area contributed by atoms with Crippen molar-refractivity contribution in [1.29, 1.82) is 0 Å². The normalized spacial score (nSPS) is 15.0. The Morgan fingerprint density at radius 1 is 1.62 bits per heavy atom. The fraction of sp³-hybridized carbons (Fsp3) is 0.222. The maximum atomic E-state index is 10.9. The zero-order valence-corrected chi connectivity index (χ0v) is 7.88. The largest absolute Gasteiger partial charge is 0.376 e. The minimum Gasteiger partial charge on any atom is -0.376 e. The van der Waals surface area contributed by atoms with Gasteiger partial charge in [-0.3, -0.25) is 4.79 Å². The summed E-state index contributed by atoms with van der Waals surface area (Å²) in [5, 5.41) is 10.1. The topological polar surface area (TPSA) is 63.3 Å². The first-order chi connectivity index (χ1) is 5.94. The monoisotopic (exact) mass is 199 g/mol. The number of aliphatic hydroxyl groups is 1. The molecule has 13 heavy (non-hydrogen) atoms. The molecule has 0 fully saturated rings. The van der Waals surface area contributed by atoms with E-state index >= 15 is 0 Å². The van der Waals surface area contributed by atoms with E-state index in [-0.39, 0.29) is 0 Å². The van der Waals surface area contributed by atoms with Gasteiger partial charge in [-0.25, -0.2) is 0 Å². The van der Waals surface area contributed by atoms with Crippen LogP contribution in [0, 0.1) is 0 Å². The van der Waals surface area contributed by atoms with E-state index in [9.17, 15) is 9.90 Å². The van der Waals surface area contributed by atoms with Crippen LogP contribution in [0.15, 0.2) is 24.3 Å². The number of halogens is 1. The molecule has 1 rings (SSSR count). The predicted molar refractivity (Wildman–Crippen MR) is 50.2 cm³/mol. The van der Waals surface area contributed by atoms with Crippen molar-refractivity contribution >= 4 is 17.5 Å². The lowest BCUT2D eigenvalue weighted by molar-refractivity contribution is -0.135. The van der Waals surface area contributed by atoms with Crippen molar-refractivity contribution in [2.75, 3.05) is 0 Å². The number of primary amides is 1. The van der Waals surface area contributed by atoms with Crippen molar-refractivity contribution in [3.63, 3.8) is 0 Å². The summed E-state index contributed by atoms with van der Waals surface area (Å²) in [6.07, 6.45) is 0. The maximum absolute atomic E-state index is 10.9. The molecular formula is C9H10ClNO2. The molecule has 1 aromatic rings. The van der Waals surface area contributed by atoms with Gasteiger partial charge in [0.1, 0.15) is 0 Å². The van der Waals surface area contributed by atoms with Crippen LogP contribution in [-0.2, 0) is 10.4 Å². The lowest BCUT2D eigenvalue weighted by Gasteiger charge is -2.19. The number of benzene rings is 1. The first-order valence-corrected chi connectivity index (χ1v) is 4.10. The SMILES string of the molecule is CC(O)(C(N)=O)c1cccc(Cl)c1. The first kappa shape index (κ1) is 10.0. The fourth-order valence-corrected chi connectivity index (χ4v) is 1.12. The van der Waals surface area contributed by atoms with Crippen molar-refractivity contribution < 1.29 is 9.90 Å². The second kappa shape index (κ2) is 3.36. The van der Waals surface area contributed by atoms with Gasteiger partial charge in [0.2, 0.25) is 0 Å². The van der Waals surface area contributed by atoms with Crippen molar-refractivity contribution in [3.8, 4) is 0 Å². The lowest BCUT2D eigenvalue weighted by atomic mass is 9.96. The minimum absolute atomic E-state index is 0.396. The highest BCUT2D eigenvalue weighted by atomic mass is 35.5. The zero-order valence-electron chi connectivity index (χ0n) is 7.12. The van der Waals surface area contributed by atoms with Crippen LogP contribution >= 0.6 is 11.6 Å². The summed E-state index contributed by atoms with van der Waals surface area (Å²) in [6.45, 7) is 1.33. The molecule has 0 radical (unpaired) electrons. The standard InChI is InChI=1S/C9H10ClNO2/c1-9(13,8(11)12)6-3-2-4-7(10)5-6/h2-5,13H,1H3,(H2,11,12). The predicted octanol–water partition coefficient (Wildman–Crippen LogP) is 1.03. The molecule has 0 heterocycles. The second-order valence-electron chi connectivity index (χ2n) is 2.95. The van der Waals surface area contributed by atoms with Gasteiger partial charge in [-0.2, -0.15) is 0 Å². The van der Waals surface area contributed by atoms with Crippen LogP contribution in [0.3, 0.4) is 0 Å². The van der Waals surface area contributed by atoms with Gasteiger partial charge in [0.15, 0.2) is 5.60 Å². The number of rotatable bonds is 2. The van der Waals surface area contributed by atoms with E-state index in [4.69, 9.17) is 17.3 Å². The van der Waals surface area contributed by atoms with Gasteiger partial charge in [0.25, 0.3) is 5.91 Å².